The van der Waals surface area contributed by atoms with Crippen molar-refractivity contribution in [1.29, 1.82) is 0 Å². The van der Waals surface area contributed by atoms with Crippen molar-refractivity contribution in [2.24, 2.45) is 0 Å². The van der Waals surface area contributed by atoms with Gasteiger partial charge in [-0.3, -0.25) is 0 Å². The maximum absolute atomic E-state index is 6.09. The Morgan fingerprint density at radius 1 is 1.10 bits per heavy atom. The van der Waals surface area contributed by atoms with E-state index in [-0.39, 0.29) is 0 Å². The summed E-state index contributed by atoms with van der Waals surface area (Å²) in [5.74, 6) is 1.73. The number of halogens is 2. The number of aromatic nitrogens is 3. The average molecular weight is 341 g/mol. The molecule has 2 aliphatic rings. The summed E-state index contributed by atoms with van der Waals surface area (Å²) >= 11 is 13.6. The van der Waals surface area contributed by atoms with E-state index < -0.39 is 0 Å². The van der Waals surface area contributed by atoms with E-state index in [1.165, 1.54) is 37.4 Å². The van der Waals surface area contributed by atoms with Gasteiger partial charge in [-0.1, -0.05) is 23.2 Å². The molecular formula is C14H14Cl2N4S. The maximum Gasteiger partial charge on any atom is 0.196 e. The lowest BCUT2D eigenvalue weighted by molar-refractivity contribution is 0.627. The Balaban J connectivity index is 1.70. The first-order valence-electron chi connectivity index (χ1n) is 7.00. The summed E-state index contributed by atoms with van der Waals surface area (Å²) < 4.78 is 2.30. The molecule has 110 valence electrons. The normalized spacial score (nSPS) is 18.2. The van der Waals surface area contributed by atoms with Crippen LogP contribution in [-0.2, 0) is 0 Å². The van der Waals surface area contributed by atoms with Crippen LogP contribution in [-0.4, -0.2) is 14.8 Å². The van der Waals surface area contributed by atoms with Crippen molar-refractivity contribution < 1.29 is 0 Å². The lowest BCUT2D eigenvalue weighted by Gasteiger charge is -2.10. The highest BCUT2D eigenvalue weighted by molar-refractivity contribution is 7.99. The molecule has 0 saturated heterocycles. The summed E-state index contributed by atoms with van der Waals surface area (Å²) in [6.45, 7) is 0. The third-order valence-corrected chi connectivity index (χ3v) is 5.56. The highest BCUT2D eigenvalue weighted by atomic mass is 35.5. The van der Waals surface area contributed by atoms with Crippen molar-refractivity contribution in [3.63, 3.8) is 0 Å². The zero-order chi connectivity index (χ0) is 14.6. The molecule has 0 amide bonds. The van der Waals surface area contributed by atoms with Gasteiger partial charge in [-0.15, -0.1) is 10.2 Å². The van der Waals surface area contributed by atoms with Gasteiger partial charge in [-0.2, -0.15) is 0 Å². The Morgan fingerprint density at radius 2 is 1.81 bits per heavy atom. The fraction of sp³-hybridized carbons (Fsp3) is 0.429. The molecule has 21 heavy (non-hydrogen) atoms. The summed E-state index contributed by atoms with van der Waals surface area (Å²) in [4.78, 5) is 0.876. The van der Waals surface area contributed by atoms with Gasteiger partial charge >= 0.3 is 0 Å². The third-order valence-electron chi connectivity index (χ3n) is 3.80. The van der Waals surface area contributed by atoms with Gasteiger partial charge in [0.2, 0.25) is 0 Å². The number of anilines is 1. The zero-order valence-corrected chi connectivity index (χ0v) is 13.5. The molecule has 0 spiro atoms. The molecule has 0 radical (unpaired) electrons. The predicted molar refractivity (Wildman–Crippen MR) is 85.3 cm³/mol. The highest BCUT2D eigenvalue weighted by Gasteiger charge is 2.36. The molecular weight excluding hydrogens is 327 g/mol. The molecule has 0 aliphatic heterocycles. The van der Waals surface area contributed by atoms with Crippen LogP contribution in [0.4, 0.5) is 5.69 Å². The van der Waals surface area contributed by atoms with Crippen LogP contribution in [0.25, 0.3) is 0 Å². The van der Waals surface area contributed by atoms with Crippen LogP contribution in [0.15, 0.2) is 22.2 Å². The fourth-order valence-corrected chi connectivity index (χ4v) is 3.76. The average Bonchev–Trinajstić information content (AvgIpc) is 3.35. The first-order chi connectivity index (χ1) is 10.1. The molecule has 0 bridgehead atoms. The quantitative estimate of drug-likeness (QED) is 0.830. The van der Waals surface area contributed by atoms with E-state index in [0.717, 1.165) is 15.9 Å². The van der Waals surface area contributed by atoms with Gasteiger partial charge in [0.05, 0.1) is 10.0 Å². The number of rotatable bonds is 4. The minimum atomic E-state index is 0.473. The third kappa shape index (κ3) is 2.62. The zero-order valence-electron chi connectivity index (χ0n) is 11.2. The van der Waals surface area contributed by atoms with E-state index in [1.54, 1.807) is 12.1 Å². The first-order valence-corrected chi connectivity index (χ1v) is 8.58. The SMILES string of the molecule is Nc1cc(Cl)c(Cl)cc1Sc1nnc(C2CC2)n1C1CC1. The lowest BCUT2D eigenvalue weighted by atomic mass is 10.3. The molecule has 1 aromatic heterocycles. The van der Waals surface area contributed by atoms with Gasteiger partial charge in [-0.25, -0.2) is 0 Å². The van der Waals surface area contributed by atoms with Crippen molar-refractivity contribution >= 4 is 40.7 Å². The van der Waals surface area contributed by atoms with Gasteiger partial charge in [0.15, 0.2) is 5.16 Å². The van der Waals surface area contributed by atoms with Crippen LogP contribution in [0.1, 0.15) is 43.5 Å². The van der Waals surface area contributed by atoms with Gasteiger partial charge in [0.1, 0.15) is 5.82 Å². The van der Waals surface area contributed by atoms with Crippen LogP contribution < -0.4 is 5.73 Å². The van der Waals surface area contributed by atoms with Crippen molar-refractivity contribution in [1.82, 2.24) is 14.8 Å². The topological polar surface area (TPSA) is 56.7 Å². The Bertz CT molecular complexity index is 707. The first kappa shape index (κ1) is 13.7. The summed E-state index contributed by atoms with van der Waals surface area (Å²) in [5.41, 5.74) is 6.66. The summed E-state index contributed by atoms with van der Waals surface area (Å²) in [6, 6.07) is 4.04. The molecule has 4 nitrogen and oxygen atoms in total. The van der Waals surface area contributed by atoms with Crippen LogP contribution in [0, 0.1) is 0 Å². The monoisotopic (exact) mass is 340 g/mol. The lowest BCUT2D eigenvalue weighted by Crippen LogP contribution is -2.02. The maximum atomic E-state index is 6.09. The second kappa shape index (κ2) is 5.07. The molecule has 2 saturated carbocycles. The second-order valence-corrected chi connectivity index (χ2v) is 7.45. The number of hydrogen-bond donors (Lipinski definition) is 1. The van der Waals surface area contributed by atoms with Crippen molar-refractivity contribution in [2.75, 3.05) is 5.73 Å². The molecule has 2 N–H and O–H groups in total. The highest BCUT2D eigenvalue weighted by Crippen LogP contribution is 2.47. The minimum Gasteiger partial charge on any atom is -0.398 e. The summed E-state index contributed by atoms with van der Waals surface area (Å²) in [5, 5.41) is 10.7. The van der Waals surface area contributed by atoms with Crippen molar-refractivity contribution in [2.45, 2.75) is 47.7 Å². The minimum absolute atomic E-state index is 0.473. The van der Waals surface area contributed by atoms with E-state index in [1.807, 2.05) is 0 Å². The van der Waals surface area contributed by atoms with Crippen molar-refractivity contribution in [3.05, 3.63) is 28.0 Å². The smallest absolute Gasteiger partial charge is 0.196 e. The van der Waals surface area contributed by atoms with E-state index in [2.05, 4.69) is 14.8 Å². The van der Waals surface area contributed by atoms with Gasteiger partial charge in [0.25, 0.3) is 0 Å². The second-order valence-electron chi connectivity index (χ2n) is 5.62. The van der Waals surface area contributed by atoms with Crippen LogP contribution in [0.3, 0.4) is 0 Å². The molecule has 2 aliphatic carbocycles. The molecule has 1 heterocycles. The largest absolute Gasteiger partial charge is 0.398 e. The fourth-order valence-electron chi connectivity index (χ4n) is 2.38. The molecule has 0 atom stereocenters. The van der Waals surface area contributed by atoms with Crippen LogP contribution >= 0.6 is 35.0 Å². The van der Waals surface area contributed by atoms with E-state index in [9.17, 15) is 0 Å². The van der Waals surface area contributed by atoms with Crippen molar-refractivity contribution in [3.8, 4) is 0 Å². The number of nitrogens with two attached hydrogens (primary N) is 1. The molecule has 2 aromatic rings. The van der Waals surface area contributed by atoms with E-state index in [0.29, 0.717) is 27.7 Å². The number of nitrogens with zero attached hydrogens (tertiary/aromatic N) is 3. The van der Waals surface area contributed by atoms with Crippen LogP contribution in [0.5, 0.6) is 0 Å². The molecule has 2 fully saturated rings. The Labute approximate surface area is 137 Å². The van der Waals surface area contributed by atoms with Gasteiger partial charge < -0.3 is 10.3 Å². The Morgan fingerprint density at radius 3 is 2.48 bits per heavy atom. The molecule has 7 heteroatoms. The molecule has 4 rings (SSSR count). The van der Waals surface area contributed by atoms with E-state index in [4.69, 9.17) is 28.9 Å². The Hall–Kier alpha value is -0.910. The number of hydrogen-bond acceptors (Lipinski definition) is 4. The number of benzene rings is 1. The van der Waals surface area contributed by atoms with Gasteiger partial charge in [-0.05, 0) is 49.6 Å². The van der Waals surface area contributed by atoms with E-state index >= 15 is 0 Å². The standard InChI is InChI=1S/C14H14Cl2N4S/c15-9-5-11(17)12(6-10(9)16)21-14-19-18-13(7-1-2-7)20(14)8-3-4-8/h5-8H,1-4,17H2. The van der Waals surface area contributed by atoms with Crippen LogP contribution in [0.2, 0.25) is 10.0 Å². The molecule has 0 unspecified atom stereocenters. The Kier molecular flexibility index (Phi) is 3.32. The summed E-state index contributed by atoms with van der Waals surface area (Å²) in [6.07, 6.45) is 4.87. The van der Waals surface area contributed by atoms with Gasteiger partial charge in [0, 0.05) is 22.5 Å². The predicted octanol–water partition coefficient (Wildman–Crippen LogP) is 4.53. The number of nitrogen functional groups attached to an aromatic ring is 1. The summed E-state index contributed by atoms with van der Waals surface area (Å²) in [7, 11) is 0. The molecule has 1 aromatic carbocycles.